The zero-order valence-corrected chi connectivity index (χ0v) is 14.8. The van der Waals surface area contributed by atoms with Crippen molar-refractivity contribution < 1.29 is 5.11 Å². The van der Waals surface area contributed by atoms with E-state index in [0.29, 0.717) is 22.7 Å². The Balaban J connectivity index is 1.36. The number of rotatable bonds is 3. The van der Waals surface area contributed by atoms with Crippen LogP contribution in [0.4, 0.5) is 5.69 Å². The van der Waals surface area contributed by atoms with Crippen LogP contribution < -0.4 is 4.90 Å². The van der Waals surface area contributed by atoms with Gasteiger partial charge in [0.05, 0.1) is 10.7 Å². The predicted molar refractivity (Wildman–Crippen MR) is 99.5 cm³/mol. The van der Waals surface area contributed by atoms with E-state index < -0.39 is 0 Å². The molecule has 1 aliphatic carbocycles. The van der Waals surface area contributed by atoms with Gasteiger partial charge in [0, 0.05) is 43.2 Å². The predicted octanol–water partition coefficient (Wildman–Crippen LogP) is 4.38. The largest absolute Gasteiger partial charge is 0.508 e. The highest BCUT2D eigenvalue weighted by molar-refractivity contribution is 6.36. The number of hydrogen-bond acceptors (Lipinski definition) is 3. The Kier molecular flexibility index (Phi) is 4.33. The first-order valence-corrected chi connectivity index (χ1v) is 9.10. The molecule has 0 spiro atoms. The van der Waals surface area contributed by atoms with Crippen LogP contribution in [0.2, 0.25) is 10.0 Å². The molecule has 1 saturated carbocycles. The van der Waals surface area contributed by atoms with Gasteiger partial charge in [-0.3, -0.25) is 4.90 Å². The molecule has 5 heteroatoms. The van der Waals surface area contributed by atoms with Crippen LogP contribution in [-0.4, -0.2) is 42.2 Å². The van der Waals surface area contributed by atoms with Crippen LogP contribution in [0.3, 0.4) is 0 Å². The first-order chi connectivity index (χ1) is 11.6. The highest BCUT2D eigenvalue weighted by Crippen LogP contribution is 2.45. The number of piperazine rings is 1. The number of anilines is 1. The van der Waals surface area contributed by atoms with Crippen molar-refractivity contribution in [1.29, 1.82) is 0 Å². The number of benzene rings is 2. The Labute approximate surface area is 152 Å². The fourth-order valence-electron chi connectivity index (χ4n) is 3.70. The molecule has 2 aromatic rings. The lowest BCUT2D eigenvalue weighted by atomic mass is 10.1. The van der Waals surface area contributed by atoms with Crippen LogP contribution in [0.15, 0.2) is 42.5 Å². The van der Waals surface area contributed by atoms with E-state index in [1.807, 2.05) is 30.3 Å². The molecule has 2 aromatic carbocycles. The molecular formula is C19H20Cl2N2O. The van der Waals surface area contributed by atoms with Gasteiger partial charge < -0.3 is 10.0 Å². The van der Waals surface area contributed by atoms with E-state index in [-0.39, 0.29) is 0 Å². The summed E-state index contributed by atoms with van der Waals surface area (Å²) in [4.78, 5) is 4.92. The molecule has 2 aliphatic rings. The highest BCUT2D eigenvalue weighted by Gasteiger charge is 2.43. The van der Waals surface area contributed by atoms with E-state index in [1.54, 1.807) is 12.1 Å². The van der Waals surface area contributed by atoms with Gasteiger partial charge in [0.25, 0.3) is 0 Å². The molecule has 24 heavy (non-hydrogen) atoms. The Morgan fingerprint density at radius 1 is 0.917 bits per heavy atom. The van der Waals surface area contributed by atoms with Gasteiger partial charge in [0.15, 0.2) is 0 Å². The van der Waals surface area contributed by atoms with E-state index in [4.69, 9.17) is 23.2 Å². The van der Waals surface area contributed by atoms with Crippen molar-refractivity contribution >= 4 is 28.9 Å². The standard InChI is InChI=1S/C19H20Cl2N2O/c20-14-3-6-18(17(21)11-14)22-7-9-23(10-8-22)19-12-16(19)13-1-4-15(24)5-2-13/h1-6,11,16,19,24H,7-10,12H2/t16-,19+/m0/s1. The average molecular weight is 363 g/mol. The van der Waals surface area contributed by atoms with Crippen LogP contribution in [-0.2, 0) is 0 Å². The minimum absolute atomic E-state index is 0.337. The normalized spacial score (nSPS) is 24.2. The maximum Gasteiger partial charge on any atom is 0.115 e. The second-order valence-corrected chi connectivity index (χ2v) is 7.46. The topological polar surface area (TPSA) is 26.7 Å². The van der Waals surface area contributed by atoms with Crippen molar-refractivity contribution in [3.05, 3.63) is 58.1 Å². The van der Waals surface area contributed by atoms with Crippen molar-refractivity contribution in [2.45, 2.75) is 18.4 Å². The van der Waals surface area contributed by atoms with Crippen molar-refractivity contribution in [2.75, 3.05) is 31.1 Å². The summed E-state index contributed by atoms with van der Waals surface area (Å²) in [7, 11) is 0. The molecule has 1 aliphatic heterocycles. The molecule has 2 atom stereocenters. The van der Waals surface area contributed by atoms with Gasteiger partial charge in [0.1, 0.15) is 5.75 Å². The Morgan fingerprint density at radius 2 is 1.62 bits per heavy atom. The molecule has 0 radical (unpaired) electrons. The summed E-state index contributed by atoms with van der Waals surface area (Å²) in [6.45, 7) is 4.08. The lowest BCUT2D eigenvalue weighted by Gasteiger charge is -2.37. The molecule has 1 saturated heterocycles. The van der Waals surface area contributed by atoms with Crippen molar-refractivity contribution in [3.63, 3.8) is 0 Å². The number of hydrogen-bond donors (Lipinski definition) is 1. The summed E-state index contributed by atoms with van der Waals surface area (Å²) in [6, 6.07) is 14.0. The summed E-state index contributed by atoms with van der Waals surface area (Å²) in [5, 5.41) is 10.8. The Morgan fingerprint density at radius 3 is 2.29 bits per heavy atom. The summed E-state index contributed by atoms with van der Waals surface area (Å²) in [5.41, 5.74) is 2.41. The minimum atomic E-state index is 0.337. The lowest BCUT2D eigenvalue weighted by Crippen LogP contribution is -2.47. The third-order valence-electron chi connectivity index (χ3n) is 5.11. The first kappa shape index (κ1) is 16.1. The van der Waals surface area contributed by atoms with Gasteiger partial charge in [-0.2, -0.15) is 0 Å². The molecule has 3 nitrogen and oxygen atoms in total. The minimum Gasteiger partial charge on any atom is -0.508 e. The van der Waals surface area contributed by atoms with E-state index >= 15 is 0 Å². The van der Waals surface area contributed by atoms with Crippen LogP contribution >= 0.6 is 23.2 Å². The number of aromatic hydroxyl groups is 1. The van der Waals surface area contributed by atoms with Gasteiger partial charge in [-0.25, -0.2) is 0 Å². The summed E-state index contributed by atoms with van der Waals surface area (Å²) in [6.07, 6.45) is 1.21. The zero-order valence-electron chi connectivity index (χ0n) is 13.3. The van der Waals surface area contributed by atoms with E-state index in [2.05, 4.69) is 9.80 Å². The molecule has 0 amide bonds. The molecule has 4 rings (SSSR count). The fraction of sp³-hybridized carbons (Fsp3) is 0.368. The third-order valence-corrected chi connectivity index (χ3v) is 5.65. The van der Waals surface area contributed by atoms with Crippen LogP contribution in [0.25, 0.3) is 0 Å². The Hall–Kier alpha value is -1.42. The second-order valence-electron chi connectivity index (χ2n) is 6.62. The average Bonchev–Trinajstić information content (AvgIpc) is 3.36. The van der Waals surface area contributed by atoms with Crippen molar-refractivity contribution in [1.82, 2.24) is 4.90 Å². The highest BCUT2D eigenvalue weighted by atomic mass is 35.5. The maximum atomic E-state index is 9.42. The second kappa shape index (κ2) is 6.47. The van der Waals surface area contributed by atoms with Crippen LogP contribution in [0, 0.1) is 0 Å². The van der Waals surface area contributed by atoms with Gasteiger partial charge in [0.2, 0.25) is 0 Å². The number of halogens is 2. The summed E-state index contributed by atoms with van der Waals surface area (Å²) >= 11 is 12.3. The summed E-state index contributed by atoms with van der Waals surface area (Å²) < 4.78 is 0. The van der Waals surface area contributed by atoms with Gasteiger partial charge in [-0.05, 0) is 42.3 Å². The molecule has 0 unspecified atom stereocenters. The molecule has 2 fully saturated rings. The number of phenolic OH excluding ortho intramolecular Hbond substituents is 1. The van der Waals surface area contributed by atoms with Crippen molar-refractivity contribution in [3.8, 4) is 5.75 Å². The maximum absolute atomic E-state index is 9.42. The van der Waals surface area contributed by atoms with Gasteiger partial charge >= 0.3 is 0 Å². The van der Waals surface area contributed by atoms with Crippen LogP contribution in [0.1, 0.15) is 17.9 Å². The van der Waals surface area contributed by atoms with E-state index in [0.717, 1.165) is 36.9 Å². The Bertz CT molecular complexity index is 727. The fourth-order valence-corrected chi connectivity index (χ4v) is 4.23. The van der Waals surface area contributed by atoms with Gasteiger partial charge in [-0.1, -0.05) is 35.3 Å². The molecular weight excluding hydrogens is 343 g/mol. The van der Waals surface area contributed by atoms with E-state index in [1.165, 1.54) is 12.0 Å². The molecule has 126 valence electrons. The number of nitrogens with zero attached hydrogens (tertiary/aromatic N) is 2. The lowest BCUT2D eigenvalue weighted by molar-refractivity contribution is 0.244. The third kappa shape index (κ3) is 3.21. The SMILES string of the molecule is Oc1ccc([C@@H]2C[C@H]2N2CCN(c3ccc(Cl)cc3Cl)CC2)cc1. The van der Waals surface area contributed by atoms with Gasteiger partial charge in [-0.15, -0.1) is 0 Å². The molecule has 0 aromatic heterocycles. The molecule has 1 N–H and O–H groups in total. The number of phenols is 1. The quantitative estimate of drug-likeness (QED) is 0.877. The smallest absolute Gasteiger partial charge is 0.115 e. The van der Waals surface area contributed by atoms with Crippen molar-refractivity contribution in [2.24, 2.45) is 0 Å². The monoisotopic (exact) mass is 362 g/mol. The molecule has 0 bridgehead atoms. The summed E-state index contributed by atoms with van der Waals surface area (Å²) in [5.74, 6) is 0.945. The van der Waals surface area contributed by atoms with Crippen LogP contribution in [0.5, 0.6) is 5.75 Å². The van der Waals surface area contributed by atoms with E-state index in [9.17, 15) is 5.11 Å². The zero-order chi connectivity index (χ0) is 16.7. The first-order valence-electron chi connectivity index (χ1n) is 8.35. The molecule has 1 heterocycles.